The summed E-state index contributed by atoms with van der Waals surface area (Å²) in [5.41, 5.74) is 1.32. The minimum Gasteiger partial charge on any atom is -0.346 e. The molecular weight excluding hydrogens is 449 g/mol. The van der Waals surface area contributed by atoms with E-state index in [0.717, 1.165) is 12.1 Å². The number of nitrogens with one attached hydrogen (secondary N) is 3. The number of halogens is 3. The van der Waals surface area contributed by atoms with Crippen LogP contribution in [0.1, 0.15) is 21.5 Å². The van der Waals surface area contributed by atoms with Gasteiger partial charge in [0.1, 0.15) is 17.8 Å². The monoisotopic (exact) mass is 468 g/mol. The van der Waals surface area contributed by atoms with Gasteiger partial charge in [-0.05, 0) is 55.0 Å². The van der Waals surface area contributed by atoms with Crippen LogP contribution in [-0.4, -0.2) is 33.9 Å². The molecule has 0 aliphatic carbocycles. The number of rotatable bonds is 4. The number of benzene rings is 2. The Bertz CT molecular complexity index is 1370. The number of aromatic nitrogens is 3. The van der Waals surface area contributed by atoms with Crippen molar-refractivity contribution in [2.45, 2.75) is 13.1 Å². The number of carbonyl (C=O) groups is 2. The number of aromatic amines is 1. The van der Waals surface area contributed by atoms with E-state index in [-0.39, 0.29) is 11.3 Å². The van der Waals surface area contributed by atoms with Crippen LogP contribution < -0.4 is 15.5 Å². The molecule has 2 heterocycles. The first kappa shape index (κ1) is 22.8. The van der Waals surface area contributed by atoms with E-state index >= 15 is 0 Å². The van der Waals surface area contributed by atoms with E-state index < -0.39 is 23.7 Å². The quantitative estimate of drug-likeness (QED) is 0.383. The van der Waals surface area contributed by atoms with E-state index in [1.165, 1.54) is 29.4 Å². The van der Waals surface area contributed by atoms with Gasteiger partial charge in [0.2, 0.25) is 0 Å². The van der Waals surface area contributed by atoms with Crippen molar-refractivity contribution in [3.05, 3.63) is 77.7 Å². The molecule has 2 aromatic heterocycles. The summed E-state index contributed by atoms with van der Waals surface area (Å²) in [5.74, 6) is -0.133. The van der Waals surface area contributed by atoms with Gasteiger partial charge in [-0.25, -0.2) is 14.8 Å². The molecule has 4 rings (SSSR count). The average molecular weight is 468 g/mol. The number of H-pyrrole nitrogens is 1. The molecule has 0 saturated carbocycles. The molecule has 34 heavy (non-hydrogen) atoms. The van der Waals surface area contributed by atoms with Crippen LogP contribution in [0, 0.1) is 6.92 Å². The maximum atomic E-state index is 12.9. The maximum Gasteiger partial charge on any atom is 0.416 e. The van der Waals surface area contributed by atoms with Crippen molar-refractivity contribution >= 4 is 40.2 Å². The third-order valence-electron chi connectivity index (χ3n) is 5.17. The summed E-state index contributed by atoms with van der Waals surface area (Å²) in [6, 6.07) is 10.1. The second-order valence-electron chi connectivity index (χ2n) is 7.49. The summed E-state index contributed by atoms with van der Waals surface area (Å²) < 4.78 is 38.2. The second-order valence-corrected chi connectivity index (χ2v) is 7.49. The number of fused-ring (bicyclic) bond motifs is 1. The Kier molecular flexibility index (Phi) is 5.93. The van der Waals surface area contributed by atoms with Crippen LogP contribution in [0.4, 0.5) is 35.2 Å². The first-order valence-corrected chi connectivity index (χ1v) is 10.1. The van der Waals surface area contributed by atoms with Gasteiger partial charge < -0.3 is 15.6 Å². The Morgan fingerprint density at radius 1 is 1.00 bits per heavy atom. The zero-order valence-electron chi connectivity index (χ0n) is 18.1. The average Bonchev–Trinajstić information content (AvgIpc) is 3.28. The third-order valence-corrected chi connectivity index (χ3v) is 5.17. The lowest BCUT2D eigenvalue weighted by atomic mass is 10.1. The predicted octanol–water partition coefficient (Wildman–Crippen LogP) is 5.21. The third kappa shape index (κ3) is 4.68. The number of nitrogens with zero attached hydrogens (tertiary/aromatic N) is 3. The van der Waals surface area contributed by atoms with Gasteiger partial charge in [0.25, 0.3) is 5.91 Å². The second kappa shape index (κ2) is 8.85. The molecule has 174 valence electrons. The van der Waals surface area contributed by atoms with Crippen molar-refractivity contribution in [1.29, 1.82) is 0 Å². The number of aryl methyl sites for hydroxylation is 1. The number of hydrogen-bond acceptors (Lipinski definition) is 4. The first-order chi connectivity index (χ1) is 16.1. The fraction of sp³-hybridized carbons (Fsp3) is 0.130. The molecule has 0 saturated heterocycles. The zero-order valence-corrected chi connectivity index (χ0v) is 18.1. The molecule has 0 atom stereocenters. The minimum atomic E-state index is -4.46. The van der Waals surface area contributed by atoms with Crippen molar-refractivity contribution in [3.8, 4) is 0 Å². The lowest BCUT2D eigenvalue weighted by Gasteiger charge is -2.19. The summed E-state index contributed by atoms with van der Waals surface area (Å²) in [4.78, 5) is 38.1. The van der Waals surface area contributed by atoms with Crippen molar-refractivity contribution < 1.29 is 22.8 Å². The molecule has 11 heteroatoms. The summed E-state index contributed by atoms with van der Waals surface area (Å²) in [7, 11) is 1.56. The maximum absolute atomic E-state index is 12.9. The van der Waals surface area contributed by atoms with Crippen LogP contribution in [-0.2, 0) is 6.18 Å². The van der Waals surface area contributed by atoms with Crippen molar-refractivity contribution in [2.24, 2.45) is 0 Å². The smallest absolute Gasteiger partial charge is 0.346 e. The largest absolute Gasteiger partial charge is 0.416 e. The van der Waals surface area contributed by atoms with Crippen LogP contribution in [0.25, 0.3) is 11.0 Å². The fourth-order valence-corrected chi connectivity index (χ4v) is 3.26. The Balaban J connectivity index is 1.50. The van der Waals surface area contributed by atoms with E-state index in [1.54, 1.807) is 38.4 Å². The predicted molar refractivity (Wildman–Crippen MR) is 122 cm³/mol. The molecule has 0 aliphatic heterocycles. The molecule has 3 amide bonds. The molecule has 2 aromatic carbocycles. The first-order valence-electron chi connectivity index (χ1n) is 10.1. The molecular formula is C23H19F3N6O2. The molecule has 0 unspecified atom stereocenters. The van der Waals surface area contributed by atoms with Gasteiger partial charge in [-0.1, -0.05) is 6.07 Å². The van der Waals surface area contributed by atoms with Crippen molar-refractivity contribution in [2.75, 3.05) is 22.6 Å². The van der Waals surface area contributed by atoms with Crippen LogP contribution in [0.5, 0.6) is 0 Å². The summed E-state index contributed by atoms with van der Waals surface area (Å²) in [6.45, 7) is 1.77. The van der Waals surface area contributed by atoms with Crippen LogP contribution >= 0.6 is 0 Å². The summed E-state index contributed by atoms with van der Waals surface area (Å²) in [5, 5.41) is 5.98. The van der Waals surface area contributed by atoms with Crippen molar-refractivity contribution in [1.82, 2.24) is 15.0 Å². The van der Waals surface area contributed by atoms with E-state index in [4.69, 9.17) is 0 Å². The van der Waals surface area contributed by atoms with Gasteiger partial charge in [-0.3, -0.25) is 9.69 Å². The van der Waals surface area contributed by atoms with Gasteiger partial charge in [0, 0.05) is 30.2 Å². The summed E-state index contributed by atoms with van der Waals surface area (Å²) in [6.07, 6.45) is -1.43. The summed E-state index contributed by atoms with van der Waals surface area (Å²) >= 11 is 0. The lowest BCUT2D eigenvalue weighted by Crippen LogP contribution is -2.32. The number of urea groups is 1. The zero-order chi connectivity index (χ0) is 24.5. The number of amides is 3. The molecule has 0 spiro atoms. The van der Waals surface area contributed by atoms with Gasteiger partial charge in [0.15, 0.2) is 0 Å². The number of carbonyl (C=O) groups excluding carboxylic acids is 2. The highest BCUT2D eigenvalue weighted by atomic mass is 19.4. The SMILES string of the molecule is Cc1ccc(C(=O)Nc2ccc(C(F)(F)F)cc2)cc1NC(=O)N(C)c1ncnc2[nH]ccc12. The molecule has 3 N–H and O–H groups in total. The van der Waals surface area contributed by atoms with Crippen LogP contribution in [0.3, 0.4) is 0 Å². The Morgan fingerprint density at radius 3 is 2.44 bits per heavy atom. The number of hydrogen-bond donors (Lipinski definition) is 3. The molecule has 0 bridgehead atoms. The minimum absolute atomic E-state index is 0.211. The number of alkyl halides is 3. The Morgan fingerprint density at radius 2 is 1.74 bits per heavy atom. The molecule has 8 nitrogen and oxygen atoms in total. The fourth-order valence-electron chi connectivity index (χ4n) is 3.26. The lowest BCUT2D eigenvalue weighted by molar-refractivity contribution is -0.137. The van der Waals surface area contributed by atoms with E-state index in [1.807, 2.05) is 0 Å². The van der Waals surface area contributed by atoms with E-state index in [0.29, 0.717) is 28.1 Å². The van der Waals surface area contributed by atoms with E-state index in [2.05, 4.69) is 25.6 Å². The van der Waals surface area contributed by atoms with Crippen molar-refractivity contribution in [3.63, 3.8) is 0 Å². The Labute approximate surface area is 191 Å². The standard InChI is InChI=1S/C23H19F3N6O2/c1-13-3-4-14(21(33)30-16-7-5-15(6-8-16)23(24,25)26)11-18(13)31-22(34)32(2)20-17-9-10-27-19(17)28-12-29-20/h3-12H,1-2H3,(H,30,33)(H,31,34)(H,27,28,29). The highest BCUT2D eigenvalue weighted by Crippen LogP contribution is 2.30. The Hall–Kier alpha value is -4.41. The van der Waals surface area contributed by atoms with E-state index in [9.17, 15) is 22.8 Å². The van der Waals surface area contributed by atoms with Gasteiger partial charge in [0.05, 0.1) is 10.9 Å². The van der Waals surface area contributed by atoms with Gasteiger partial charge >= 0.3 is 12.2 Å². The molecule has 0 radical (unpaired) electrons. The van der Waals surface area contributed by atoms with Crippen LogP contribution in [0.2, 0.25) is 0 Å². The molecule has 0 aliphatic rings. The molecule has 4 aromatic rings. The van der Waals surface area contributed by atoms with Gasteiger partial charge in [-0.15, -0.1) is 0 Å². The topological polar surface area (TPSA) is 103 Å². The number of anilines is 3. The molecule has 0 fully saturated rings. The van der Waals surface area contributed by atoms with Crippen LogP contribution in [0.15, 0.2) is 61.1 Å². The highest BCUT2D eigenvalue weighted by Gasteiger charge is 2.30. The highest BCUT2D eigenvalue weighted by molar-refractivity contribution is 6.08. The van der Waals surface area contributed by atoms with Gasteiger partial charge in [-0.2, -0.15) is 13.2 Å². The normalized spacial score (nSPS) is 11.3.